The van der Waals surface area contributed by atoms with E-state index in [2.05, 4.69) is 10.6 Å². The van der Waals surface area contributed by atoms with E-state index in [4.69, 9.17) is 5.11 Å². The van der Waals surface area contributed by atoms with Gasteiger partial charge in [-0.05, 0) is 31.4 Å². The van der Waals surface area contributed by atoms with Crippen LogP contribution in [-0.2, 0) is 9.59 Å². The molecule has 0 bridgehead atoms. The molecule has 0 saturated heterocycles. The van der Waals surface area contributed by atoms with Crippen LogP contribution in [-0.4, -0.2) is 36.0 Å². The molecule has 6 nitrogen and oxygen atoms in total. The van der Waals surface area contributed by atoms with Gasteiger partial charge in [0.1, 0.15) is 0 Å². The van der Waals surface area contributed by atoms with Crippen molar-refractivity contribution in [2.75, 3.05) is 13.1 Å². The van der Waals surface area contributed by atoms with Gasteiger partial charge in [-0.25, -0.2) is 0 Å². The van der Waals surface area contributed by atoms with E-state index in [0.717, 1.165) is 0 Å². The molecular weight excluding hydrogens is 284 g/mol. The third kappa shape index (κ3) is 4.31. The molecule has 2 amide bonds. The molecular formula is C16H20N2O4. The van der Waals surface area contributed by atoms with Crippen molar-refractivity contribution in [2.24, 2.45) is 5.41 Å². The second-order valence-electron chi connectivity index (χ2n) is 5.59. The van der Waals surface area contributed by atoms with Gasteiger partial charge in [-0.2, -0.15) is 0 Å². The highest BCUT2D eigenvalue weighted by atomic mass is 16.4. The van der Waals surface area contributed by atoms with Crippen LogP contribution in [0.2, 0.25) is 0 Å². The Hall–Kier alpha value is -2.37. The van der Waals surface area contributed by atoms with Gasteiger partial charge >= 0.3 is 5.97 Å². The first-order valence-electron chi connectivity index (χ1n) is 7.37. The number of hydrogen-bond acceptors (Lipinski definition) is 3. The third-order valence-corrected chi connectivity index (χ3v) is 3.83. The molecule has 0 aromatic heterocycles. The quantitative estimate of drug-likeness (QED) is 0.628. The Balaban J connectivity index is 1.60. The van der Waals surface area contributed by atoms with Gasteiger partial charge in [-0.15, -0.1) is 0 Å². The summed E-state index contributed by atoms with van der Waals surface area (Å²) in [4.78, 5) is 34.4. The zero-order valence-electron chi connectivity index (χ0n) is 12.3. The van der Waals surface area contributed by atoms with E-state index < -0.39 is 11.4 Å². The number of amides is 2. The average molecular weight is 304 g/mol. The normalized spacial score (nSPS) is 14.9. The van der Waals surface area contributed by atoms with Crippen LogP contribution in [0.4, 0.5) is 0 Å². The van der Waals surface area contributed by atoms with Crippen LogP contribution in [0.3, 0.4) is 0 Å². The third-order valence-electron chi connectivity index (χ3n) is 3.83. The van der Waals surface area contributed by atoms with Gasteiger partial charge in [0, 0.05) is 25.1 Å². The Labute approximate surface area is 128 Å². The zero-order valence-corrected chi connectivity index (χ0v) is 12.3. The van der Waals surface area contributed by atoms with Crippen LogP contribution >= 0.6 is 0 Å². The number of carbonyl (C=O) groups excluding carboxylic acids is 2. The largest absolute Gasteiger partial charge is 0.481 e. The van der Waals surface area contributed by atoms with E-state index in [9.17, 15) is 14.4 Å². The molecule has 0 spiro atoms. The molecule has 1 aliphatic carbocycles. The first kappa shape index (κ1) is 16.0. The van der Waals surface area contributed by atoms with Gasteiger partial charge in [0.2, 0.25) is 5.91 Å². The van der Waals surface area contributed by atoms with E-state index in [0.29, 0.717) is 31.4 Å². The highest BCUT2D eigenvalue weighted by molar-refractivity contribution is 5.94. The number of hydrogen-bond donors (Lipinski definition) is 3. The van der Waals surface area contributed by atoms with Crippen LogP contribution in [0.1, 0.15) is 36.0 Å². The minimum atomic E-state index is -0.845. The summed E-state index contributed by atoms with van der Waals surface area (Å²) in [6.07, 6.45) is 2.03. The molecule has 22 heavy (non-hydrogen) atoms. The maximum absolute atomic E-state index is 11.8. The van der Waals surface area contributed by atoms with Crippen LogP contribution in [0.15, 0.2) is 30.3 Å². The summed E-state index contributed by atoms with van der Waals surface area (Å²) in [7, 11) is 0. The molecule has 1 aromatic carbocycles. The summed E-state index contributed by atoms with van der Waals surface area (Å²) in [6.45, 7) is 0.600. The van der Waals surface area contributed by atoms with Crippen molar-refractivity contribution in [1.29, 1.82) is 0 Å². The van der Waals surface area contributed by atoms with Crippen molar-refractivity contribution < 1.29 is 19.5 Å². The predicted molar refractivity (Wildman–Crippen MR) is 80.3 cm³/mol. The van der Waals surface area contributed by atoms with Crippen molar-refractivity contribution in [2.45, 2.75) is 25.7 Å². The minimum Gasteiger partial charge on any atom is -0.481 e. The standard InChI is InChI=1S/C16H20N2O4/c19-13(18-11-16(8-9-16)15(21)22)7-4-10-17-14(20)12-5-2-1-3-6-12/h1-3,5-6H,4,7-11H2,(H,17,20)(H,18,19)(H,21,22). The van der Waals surface area contributed by atoms with Crippen LogP contribution < -0.4 is 10.6 Å². The van der Waals surface area contributed by atoms with Gasteiger partial charge in [-0.1, -0.05) is 18.2 Å². The van der Waals surface area contributed by atoms with Gasteiger partial charge in [0.05, 0.1) is 5.41 Å². The molecule has 6 heteroatoms. The van der Waals surface area contributed by atoms with Gasteiger partial charge in [0.15, 0.2) is 0 Å². The maximum atomic E-state index is 11.8. The lowest BCUT2D eigenvalue weighted by molar-refractivity contribution is -0.143. The molecule has 1 aliphatic rings. The first-order chi connectivity index (χ1) is 10.5. The molecule has 118 valence electrons. The van der Waals surface area contributed by atoms with E-state index >= 15 is 0 Å². The average Bonchev–Trinajstić information content (AvgIpc) is 3.31. The zero-order chi connectivity index (χ0) is 16.0. The smallest absolute Gasteiger partial charge is 0.311 e. The Morgan fingerprint density at radius 1 is 1.09 bits per heavy atom. The second-order valence-corrected chi connectivity index (χ2v) is 5.59. The number of carbonyl (C=O) groups is 3. The second kappa shape index (κ2) is 7.06. The van der Waals surface area contributed by atoms with Gasteiger partial charge in [-0.3, -0.25) is 14.4 Å². The Morgan fingerprint density at radius 2 is 1.77 bits per heavy atom. The summed E-state index contributed by atoms with van der Waals surface area (Å²) < 4.78 is 0. The summed E-state index contributed by atoms with van der Waals surface area (Å²) in [5, 5.41) is 14.4. The fourth-order valence-corrected chi connectivity index (χ4v) is 2.12. The minimum absolute atomic E-state index is 0.163. The number of nitrogens with one attached hydrogen (secondary N) is 2. The number of aliphatic carboxylic acids is 1. The summed E-state index contributed by atoms with van der Waals surface area (Å²) >= 11 is 0. The summed E-state index contributed by atoms with van der Waals surface area (Å²) in [5.41, 5.74) is -0.152. The molecule has 1 saturated carbocycles. The first-order valence-corrected chi connectivity index (χ1v) is 7.37. The number of benzene rings is 1. The van der Waals surface area contributed by atoms with Crippen molar-refractivity contribution in [3.8, 4) is 0 Å². The lowest BCUT2D eigenvalue weighted by Gasteiger charge is -2.11. The molecule has 0 unspecified atom stereocenters. The predicted octanol–water partition coefficient (Wildman–Crippen LogP) is 1.18. The SMILES string of the molecule is O=C(CCCNC(=O)c1ccccc1)NCC1(C(=O)O)CC1. The van der Waals surface area contributed by atoms with Crippen LogP contribution in [0.25, 0.3) is 0 Å². The van der Waals surface area contributed by atoms with E-state index in [1.165, 1.54) is 0 Å². The van der Waals surface area contributed by atoms with E-state index in [1.807, 2.05) is 6.07 Å². The fourth-order valence-electron chi connectivity index (χ4n) is 2.12. The molecule has 1 aromatic rings. The number of carboxylic acid groups (broad SMARTS) is 1. The highest BCUT2D eigenvalue weighted by Gasteiger charge is 2.50. The molecule has 1 fully saturated rings. The molecule has 0 radical (unpaired) electrons. The fraction of sp³-hybridized carbons (Fsp3) is 0.438. The van der Waals surface area contributed by atoms with Crippen molar-refractivity contribution in [1.82, 2.24) is 10.6 Å². The molecule has 2 rings (SSSR count). The lowest BCUT2D eigenvalue weighted by atomic mass is 10.1. The number of rotatable bonds is 8. The van der Waals surface area contributed by atoms with E-state index in [-0.39, 0.29) is 24.8 Å². The van der Waals surface area contributed by atoms with Crippen LogP contribution in [0, 0.1) is 5.41 Å². The van der Waals surface area contributed by atoms with Crippen molar-refractivity contribution in [3.63, 3.8) is 0 Å². The van der Waals surface area contributed by atoms with Gasteiger partial charge < -0.3 is 15.7 Å². The van der Waals surface area contributed by atoms with E-state index in [1.54, 1.807) is 24.3 Å². The summed E-state index contributed by atoms with van der Waals surface area (Å²) in [5.74, 6) is -1.19. The van der Waals surface area contributed by atoms with Crippen molar-refractivity contribution in [3.05, 3.63) is 35.9 Å². The maximum Gasteiger partial charge on any atom is 0.311 e. The number of carboxylic acids is 1. The Morgan fingerprint density at radius 3 is 2.36 bits per heavy atom. The highest BCUT2D eigenvalue weighted by Crippen LogP contribution is 2.45. The van der Waals surface area contributed by atoms with Crippen molar-refractivity contribution >= 4 is 17.8 Å². The summed E-state index contributed by atoms with van der Waals surface area (Å²) in [6, 6.07) is 8.87. The molecule has 0 atom stereocenters. The molecule has 0 heterocycles. The topological polar surface area (TPSA) is 95.5 Å². The molecule has 0 aliphatic heterocycles. The van der Waals surface area contributed by atoms with Crippen LogP contribution in [0.5, 0.6) is 0 Å². The molecule has 3 N–H and O–H groups in total. The Bertz CT molecular complexity index is 553. The lowest BCUT2D eigenvalue weighted by Crippen LogP contribution is -2.34. The van der Waals surface area contributed by atoms with Gasteiger partial charge in [0.25, 0.3) is 5.91 Å². The monoisotopic (exact) mass is 304 g/mol. The Kier molecular flexibility index (Phi) is 5.14.